The average molecular weight is 917 g/mol. The highest BCUT2D eigenvalue weighted by atomic mass is 16.3. The average Bonchev–Trinajstić information content (AvgIpc) is 3.31. The standard InChI is InChI=1S/C61H121NO3/c1-3-5-7-9-11-13-15-17-19-20-21-22-23-24-25-26-27-28-29-30-31-32-33-34-35-36-37-38-39-40-41-42-43-45-47-49-51-53-55-57-61(65)62-59(58-63)60(64)56-54-52-50-48-46-44-18-16-14-12-10-8-6-4-2/h30-31,59-60,63-64H,3-29,32-58H2,1-2H3,(H,62,65)/b31-30-. The van der Waals surface area contributed by atoms with E-state index in [1.165, 1.54) is 302 Å². The molecule has 0 rings (SSSR count). The minimum atomic E-state index is -0.655. The number of aliphatic hydroxyl groups excluding tert-OH is 2. The fourth-order valence-electron chi connectivity index (χ4n) is 9.89. The fraction of sp³-hybridized carbons (Fsp3) is 0.951. The molecule has 0 bridgehead atoms. The first kappa shape index (κ1) is 64.1. The summed E-state index contributed by atoms with van der Waals surface area (Å²) in [5.74, 6) is -0.0248. The Kier molecular flexibility index (Phi) is 56.7. The molecule has 0 aliphatic rings. The molecule has 0 aromatic heterocycles. The molecule has 1 amide bonds. The van der Waals surface area contributed by atoms with E-state index < -0.39 is 12.1 Å². The van der Waals surface area contributed by atoms with Crippen molar-refractivity contribution in [2.45, 2.75) is 366 Å². The van der Waals surface area contributed by atoms with E-state index in [2.05, 4.69) is 31.3 Å². The number of aliphatic hydroxyl groups is 2. The van der Waals surface area contributed by atoms with Gasteiger partial charge < -0.3 is 15.5 Å². The number of rotatable bonds is 57. The van der Waals surface area contributed by atoms with E-state index in [-0.39, 0.29) is 12.5 Å². The van der Waals surface area contributed by atoms with E-state index in [1.54, 1.807) is 0 Å². The van der Waals surface area contributed by atoms with Gasteiger partial charge in [-0.15, -0.1) is 0 Å². The fourth-order valence-corrected chi connectivity index (χ4v) is 9.89. The summed E-state index contributed by atoms with van der Waals surface area (Å²) in [4.78, 5) is 12.5. The van der Waals surface area contributed by atoms with Gasteiger partial charge in [0, 0.05) is 6.42 Å². The normalized spacial score (nSPS) is 12.7. The van der Waals surface area contributed by atoms with Crippen molar-refractivity contribution in [3.05, 3.63) is 12.2 Å². The Balaban J connectivity index is 3.34. The van der Waals surface area contributed by atoms with Crippen molar-refractivity contribution in [1.82, 2.24) is 5.32 Å². The monoisotopic (exact) mass is 916 g/mol. The lowest BCUT2D eigenvalue weighted by Gasteiger charge is -2.22. The van der Waals surface area contributed by atoms with Gasteiger partial charge in [0.05, 0.1) is 18.8 Å². The molecule has 65 heavy (non-hydrogen) atoms. The van der Waals surface area contributed by atoms with Gasteiger partial charge in [-0.2, -0.15) is 0 Å². The van der Waals surface area contributed by atoms with Gasteiger partial charge in [-0.25, -0.2) is 0 Å². The first-order valence-corrected chi connectivity index (χ1v) is 30.4. The molecule has 2 unspecified atom stereocenters. The van der Waals surface area contributed by atoms with Crippen molar-refractivity contribution < 1.29 is 15.0 Å². The Labute approximate surface area is 409 Å². The molecular weight excluding hydrogens is 795 g/mol. The maximum absolute atomic E-state index is 12.5. The number of unbranched alkanes of at least 4 members (excludes halogenated alkanes) is 48. The van der Waals surface area contributed by atoms with Crippen LogP contribution in [0.5, 0.6) is 0 Å². The van der Waals surface area contributed by atoms with Gasteiger partial charge in [0.2, 0.25) is 5.91 Å². The maximum Gasteiger partial charge on any atom is 0.220 e. The van der Waals surface area contributed by atoms with Gasteiger partial charge in [0.15, 0.2) is 0 Å². The number of hydrogen-bond donors (Lipinski definition) is 3. The Morgan fingerprint density at radius 1 is 0.354 bits per heavy atom. The number of amides is 1. The minimum absolute atomic E-state index is 0.0248. The van der Waals surface area contributed by atoms with Crippen LogP contribution >= 0.6 is 0 Å². The second kappa shape index (κ2) is 57.4. The number of carbonyl (C=O) groups excluding carboxylic acids is 1. The summed E-state index contributed by atoms with van der Waals surface area (Å²) in [6, 6.07) is -0.532. The molecule has 0 spiro atoms. The van der Waals surface area contributed by atoms with E-state index in [4.69, 9.17) is 0 Å². The van der Waals surface area contributed by atoms with Crippen molar-refractivity contribution in [2.75, 3.05) is 6.61 Å². The Hall–Kier alpha value is -0.870. The first-order valence-electron chi connectivity index (χ1n) is 30.4. The van der Waals surface area contributed by atoms with E-state index >= 15 is 0 Å². The molecule has 388 valence electrons. The maximum atomic E-state index is 12.5. The first-order chi connectivity index (χ1) is 32.2. The molecular formula is C61H121NO3. The zero-order valence-corrected chi connectivity index (χ0v) is 44.8. The predicted molar refractivity (Wildman–Crippen MR) is 290 cm³/mol. The van der Waals surface area contributed by atoms with E-state index in [1.807, 2.05) is 0 Å². The zero-order valence-electron chi connectivity index (χ0n) is 44.8. The molecule has 2 atom stereocenters. The van der Waals surface area contributed by atoms with Gasteiger partial charge >= 0.3 is 0 Å². The second-order valence-corrected chi connectivity index (χ2v) is 21.1. The Bertz CT molecular complexity index is 905. The van der Waals surface area contributed by atoms with Gasteiger partial charge in [-0.3, -0.25) is 4.79 Å². The van der Waals surface area contributed by atoms with Crippen LogP contribution in [-0.2, 0) is 4.79 Å². The van der Waals surface area contributed by atoms with E-state index in [0.717, 1.165) is 25.7 Å². The van der Waals surface area contributed by atoms with Gasteiger partial charge in [-0.1, -0.05) is 321 Å². The summed E-state index contributed by atoms with van der Waals surface area (Å²) >= 11 is 0. The van der Waals surface area contributed by atoms with Crippen molar-refractivity contribution >= 4 is 5.91 Å². The molecule has 0 heterocycles. The smallest absolute Gasteiger partial charge is 0.220 e. The van der Waals surface area contributed by atoms with Crippen LogP contribution in [0.3, 0.4) is 0 Å². The number of hydrogen-bond acceptors (Lipinski definition) is 3. The van der Waals surface area contributed by atoms with Crippen molar-refractivity contribution in [3.63, 3.8) is 0 Å². The van der Waals surface area contributed by atoms with Crippen LogP contribution in [0.1, 0.15) is 354 Å². The molecule has 0 saturated heterocycles. The van der Waals surface area contributed by atoms with Crippen LogP contribution in [-0.4, -0.2) is 34.9 Å². The van der Waals surface area contributed by atoms with Crippen LogP contribution < -0.4 is 5.32 Å². The SMILES string of the molecule is CCCCCCCCCCCCCCCCCCCC/C=C\CCCCCCCCCCCCCCCCCCCC(=O)NC(CO)C(O)CCCCCCCCCCCCCCCC. The largest absolute Gasteiger partial charge is 0.394 e. The summed E-state index contributed by atoms with van der Waals surface area (Å²) in [7, 11) is 0. The predicted octanol–water partition coefficient (Wildman–Crippen LogP) is 20.1. The summed E-state index contributed by atoms with van der Waals surface area (Å²) in [6.07, 6.45) is 75.2. The zero-order chi connectivity index (χ0) is 47.0. The van der Waals surface area contributed by atoms with Crippen LogP contribution in [0.25, 0.3) is 0 Å². The Morgan fingerprint density at radius 3 is 0.846 bits per heavy atom. The molecule has 0 aliphatic carbocycles. The molecule has 4 heteroatoms. The van der Waals surface area contributed by atoms with Crippen molar-refractivity contribution in [1.29, 1.82) is 0 Å². The Morgan fingerprint density at radius 2 is 0.585 bits per heavy atom. The molecule has 0 saturated carbocycles. The van der Waals surface area contributed by atoms with Crippen LogP contribution in [0.2, 0.25) is 0 Å². The summed E-state index contributed by atoms with van der Waals surface area (Å²) in [6.45, 7) is 4.39. The molecule has 0 aromatic rings. The third kappa shape index (κ3) is 53.9. The molecule has 4 nitrogen and oxygen atoms in total. The summed E-state index contributed by atoms with van der Waals surface area (Å²) < 4.78 is 0. The third-order valence-corrected chi connectivity index (χ3v) is 14.5. The molecule has 0 radical (unpaired) electrons. The lowest BCUT2D eigenvalue weighted by Crippen LogP contribution is -2.45. The van der Waals surface area contributed by atoms with Crippen LogP contribution in [0.15, 0.2) is 12.2 Å². The third-order valence-electron chi connectivity index (χ3n) is 14.5. The van der Waals surface area contributed by atoms with Crippen molar-refractivity contribution in [2.24, 2.45) is 0 Å². The number of allylic oxidation sites excluding steroid dienone is 2. The topological polar surface area (TPSA) is 69.6 Å². The van der Waals surface area contributed by atoms with Gasteiger partial charge in [-0.05, 0) is 38.5 Å². The lowest BCUT2D eigenvalue weighted by molar-refractivity contribution is -0.123. The second-order valence-electron chi connectivity index (χ2n) is 21.1. The molecule has 3 N–H and O–H groups in total. The van der Waals surface area contributed by atoms with E-state index in [9.17, 15) is 15.0 Å². The van der Waals surface area contributed by atoms with E-state index in [0.29, 0.717) is 12.8 Å². The highest BCUT2D eigenvalue weighted by molar-refractivity contribution is 5.76. The minimum Gasteiger partial charge on any atom is -0.394 e. The molecule has 0 aliphatic heterocycles. The lowest BCUT2D eigenvalue weighted by atomic mass is 10.0. The number of carbonyl (C=O) groups is 1. The van der Waals surface area contributed by atoms with Crippen LogP contribution in [0, 0.1) is 0 Å². The number of nitrogens with one attached hydrogen (secondary N) is 1. The quantitative estimate of drug-likeness (QED) is 0.0421. The summed E-state index contributed by atoms with van der Waals surface area (Å²) in [5, 5.41) is 23.3. The van der Waals surface area contributed by atoms with Gasteiger partial charge in [0.25, 0.3) is 0 Å². The summed E-state index contributed by atoms with van der Waals surface area (Å²) in [5.41, 5.74) is 0. The molecule has 0 aromatic carbocycles. The highest BCUT2D eigenvalue weighted by Gasteiger charge is 2.20. The molecule has 0 fully saturated rings. The highest BCUT2D eigenvalue weighted by Crippen LogP contribution is 2.18. The van der Waals surface area contributed by atoms with Crippen molar-refractivity contribution in [3.8, 4) is 0 Å². The van der Waals surface area contributed by atoms with Crippen LogP contribution in [0.4, 0.5) is 0 Å². The van der Waals surface area contributed by atoms with Gasteiger partial charge in [0.1, 0.15) is 0 Å².